The van der Waals surface area contributed by atoms with E-state index in [9.17, 15) is 0 Å². The number of nitrogens with zero attached hydrogens (tertiary/aromatic N) is 1. The van der Waals surface area contributed by atoms with Crippen LogP contribution in [0.25, 0.3) is 21.8 Å². The highest BCUT2D eigenvalue weighted by atomic mass is 79.9. The van der Waals surface area contributed by atoms with Crippen LogP contribution in [0.3, 0.4) is 0 Å². The van der Waals surface area contributed by atoms with Gasteiger partial charge in [-0.25, -0.2) is 0 Å². The summed E-state index contributed by atoms with van der Waals surface area (Å²) in [6.45, 7) is 2.27. The van der Waals surface area contributed by atoms with Crippen LogP contribution in [0.15, 0.2) is 48.5 Å². The Bertz CT molecular complexity index is 690. The summed E-state index contributed by atoms with van der Waals surface area (Å²) >= 11 is 3.94. The molecule has 0 saturated heterocycles. The Morgan fingerprint density at radius 3 is 1.95 bits per heavy atom. The Balaban J connectivity index is 1.88. The molecule has 1 aromatic heterocycles. The van der Waals surface area contributed by atoms with Gasteiger partial charge in [-0.15, -0.1) is 0 Å². The smallest absolute Gasteiger partial charge is 0.0895 e. The lowest BCUT2D eigenvalue weighted by atomic mass is 10.1. The Hall–Kier alpha value is -1.28. The summed E-state index contributed by atoms with van der Waals surface area (Å²) < 4.78 is 2.46. The number of para-hydroxylation sites is 2. The van der Waals surface area contributed by atoms with Crippen molar-refractivity contribution in [2.45, 2.75) is 50.4 Å². The van der Waals surface area contributed by atoms with E-state index < -0.39 is 0 Å². The predicted octanol–water partition coefficient (Wildman–Crippen LogP) is 7.05. The van der Waals surface area contributed by atoms with Gasteiger partial charge in [-0.1, -0.05) is 91.4 Å². The van der Waals surface area contributed by atoms with E-state index >= 15 is 0 Å². The predicted molar refractivity (Wildman–Crippen MR) is 101 cm³/mol. The highest BCUT2D eigenvalue weighted by Crippen LogP contribution is 2.35. The van der Waals surface area contributed by atoms with E-state index in [2.05, 4.69) is 76.0 Å². The molecule has 116 valence electrons. The van der Waals surface area contributed by atoms with Crippen molar-refractivity contribution in [1.29, 1.82) is 0 Å². The van der Waals surface area contributed by atoms with Crippen LogP contribution < -0.4 is 0 Å². The number of fused-ring (bicyclic) bond motifs is 3. The highest BCUT2D eigenvalue weighted by Gasteiger charge is 2.15. The maximum atomic E-state index is 3.94. The molecule has 0 spiro atoms. The Morgan fingerprint density at radius 1 is 0.818 bits per heavy atom. The van der Waals surface area contributed by atoms with Crippen molar-refractivity contribution in [3.8, 4) is 0 Å². The van der Waals surface area contributed by atoms with Gasteiger partial charge in [-0.3, -0.25) is 0 Å². The lowest BCUT2D eigenvalue weighted by Crippen LogP contribution is -2.01. The summed E-state index contributed by atoms with van der Waals surface area (Å²) in [6, 6.07) is 17.5. The molecule has 0 aliphatic carbocycles. The Morgan fingerprint density at radius 2 is 1.36 bits per heavy atom. The zero-order chi connectivity index (χ0) is 15.4. The molecular formula is C20H24BrN. The SMILES string of the molecule is CCCCCCCC(Br)n1c2ccccc2c2ccccc21. The van der Waals surface area contributed by atoms with E-state index in [1.165, 1.54) is 60.3 Å². The molecule has 1 heterocycles. The second kappa shape index (κ2) is 7.32. The van der Waals surface area contributed by atoms with Crippen molar-refractivity contribution in [2.24, 2.45) is 0 Å². The van der Waals surface area contributed by atoms with E-state index in [0.29, 0.717) is 4.95 Å². The van der Waals surface area contributed by atoms with Crippen LogP contribution in [-0.4, -0.2) is 4.57 Å². The second-order valence-electron chi connectivity index (χ2n) is 6.04. The van der Waals surface area contributed by atoms with Gasteiger partial charge in [0, 0.05) is 10.8 Å². The molecule has 22 heavy (non-hydrogen) atoms. The van der Waals surface area contributed by atoms with Gasteiger partial charge in [0.15, 0.2) is 0 Å². The van der Waals surface area contributed by atoms with E-state index in [0.717, 1.165) is 0 Å². The van der Waals surface area contributed by atoms with E-state index in [4.69, 9.17) is 0 Å². The van der Waals surface area contributed by atoms with Gasteiger partial charge < -0.3 is 4.57 Å². The van der Waals surface area contributed by atoms with Gasteiger partial charge in [0.2, 0.25) is 0 Å². The first-order chi connectivity index (χ1) is 10.8. The van der Waals surface area contributed by atoms with Gasteiger partial charge in [0.25, 0.3) is 0 Å². The van der Waals surface area contributed by atoms with Crippen LogP contribution >= 0.6 is 15.9 Å². The number of hydrogen-bond acceptors (Lipinski definition) is 0. The van der Waals surface area contributed by atoms with Crippen molar-refractivity contribution in [3.63, 3.8) is 0 Å². The molecule has 2 aromatic carbocycles. The average Bonchev–Trinajstić information content (AvgIpc) is 2.89. The first-order valence-corrected chi connectivity index (χ1v) is 9.36. The summed E-state index contributed by atoms with van der Waals surface area (Å²) in [4.78, 5) is 0.374. The largest absolute Gasteiger partial charge is 0.327 e. The molecule has 0 N–H and O–H groups in total. The van der Waals surface area contributed by atoms with Gasteiger partial charge in [-0.05, 0) is 18.6 Å². The quantitative estimate of drug-likeness (QED) is 0.315. The molecule has 3 rings (SSSR count). The molecule has 3 aromatic rings. The molecular weight excluding hydrogens is 334 g/mol. The molecule has 0 saturated carbocycles. The molecule has 1 nitrogen and oxygen atoms in total. The molecule has 0 fully saturated rings. The average molecular weight is 358 g/mol. The Kier molecular flexibility index (Phi) is 5.20. The van der Waals surface area contributed by atoms with Crippen LogP contribution in [0.5, 0.6) is 0 Å². The summed E-state index contributed by atoms with van der Waals surface area (Å²) in [5, 5.41) is 2.71. The zero-order valence-electron chi connectivity index (χ0n) is 13.3. The van der Waals surface area contributed by atoms with Gasteiger partial charge >= 0.3 is 0 Å². The fraction of sp³-hybridized carbons (Fsp3) is 0.400. The minimum atomic E-state index is 0.374. The molecule has 0 bridgehead atoms. The standard InChI is InChI=1S/C20H24BrN/c1-2-3-4-5-6-15-20(21)22-18-13-9-7-11-16(18)17-12-8-10-14-19(17)22/h7-14,20H,2-6,15H2,1H3. The number of unbranched alkanes of at least 4 members (excludes halogenated alkanes) is 4. The number of rotatable bonds is 7. The fourth-order valence-electron chi connectivity index (χ4n) is 3.30. The number of alkyl halides is 1. The van der Waals surface area contributed by atoms with Gasteiger partial charge in [0.1, 0.15) is 0 Å². The summed E-state index contributed by atoms with van der Waals surface area (Å²) in [5.74, 6) is 0. The van der Waals surface area contributed by atoms with Crippen molar-refractivity contribution >= 4 is 37.7 Å². The number of aromatic nitrogens is 1. The normalized spacial score (nSPS) is 13.0. The molecule has 1 atom stereocenters. The molecule has 0 radical (unpaired) electrons. The fourth-order valence-corrected chi connectivity index (χ4v) is 4.06. The maximum Gasteiger partial charge on any atom is 0.0895 e. The van der Waals surface area contributed by atoms with Crippen molar-refractivity contribution in [3.05, 3.63) is 48.5 Å². The minimum Gasteiger partial charge on any atom is -0.327 e. The Labute approximate surface area is 141 Å². The van der Waals surface area contributed by atoms with Crippen LogP contribution in [0, 0.1) is 0 Å². The first kappa shape index (κ1) is 15.6. The van der Waals surface area contributed by atoms with Gasteiger partial charge in [0.05, 0.1) is 16.0 Å². The third kappa shape index (κ3) is 3.08. The van der Waals surface area contributed by atoms with Gasteiger partial charge in [-0.2, -0.15) is 0 Å². The maximum absolute atomic E-state index is 3.94. The minimum absolute atomic E-state index is 0.374. The lowest BCUT2D eigenvalue weighted by Gasteiger charge is -2.15. The van der Waals surface area contributed by atoms with Crippen molar-refractivity contribution < 1.29 is 0 Å². The molecule has 0 aliphatic heterocycles. The lowest BCUT2D eigenvalue weighted by molar-refractivity contribution is 0.567. The third-order valence-electron chi connectivity index (χ3n) is 4.44. The summed E-state index contributed by atoms with van der Waals surface area (Å²) in [5.41, 5.74) is 2.67. The zero-order valence-corrected chi connectivity index (χ0v) is 14.8. The number of halogens is 1. The van der Waals surface area contributed by atoms with Crippen LogP contribution in [0.1, 0.15) is 50.4 Å². The second-order valence-corrected chi connectivity index (χ2v) is 7.10. The van der Waals surface area contributed by atoms with Crippen molar-refractivity contribution in [2.75, 3.05) is 0 Å². The van der Waals surface area contributed by atoms with E-state index in [1.807, 2.05) is 0 Å². The molecule has 2 heteroatoms. The van der Waals surface area contributed by atoms with Crippen molar-refractivity contribution in [1.82, 2.24) is 4.57 Å². The summed E-state index contributed by atoms with van der Waals surface area (Å²) in [7, 11) is 0. The molecule has 0 amide bonds. The van der Waals surface area contributed by atoms with Crippen LogP contribution in [0.4, 0.5) is 0 Å². The first-order valence-electron chi connectivity index (χ1n) is 8.44. The highest BCUT2D eigenvalue weighted by molar-refractivity contribution is 9.09. The number of benzene rings is 2. The molecule has 1 unspecified atom stereocenters. The van der Waals surface area contributed by atoms with E-state index in [-0.39, 0.29) is 0 Å². The topological polar surface area (TPSA) is 4.93 Å². The number of hydrogen-bond donors (Lipinski definition) is 0. The van der Waals surface area contributed by atoms with Crippen LogP contribution in [0.2, 0.25) is 0 Å². The van der Waals surface area contributed by atoms with Crippen LogP contribution in [-0.2, 0) is 0 Å². The summed E-state index contributed by atoms with van der Waals surface area (Å²) in [6.07, 6.45) is 7.85. The van der Waals surface area contributed by atoms with E-state index in [1.54, 1.807) is 0 Å². The molecule has 0 aliphatic rings. The third-order valence-corrected chi connectivity index (χ3v) is 5.31. The monoisotopic (exact) mass is 357 g/mol.